The Labute approximate surface area is 120 Å². The van der Waals surface area contributed by atoms with Gasteiger partial charge < -0.3 is 0 Å². The molecule has 0 fully saturated rings. The molecule has 2 rings (SSSR count). The maximum atomic E-state index is 12.1. The molecule has 0 saturated carbocycles. The van der Waals surface area contributed by atoms with E-state index in [1.807, 2.05) is 24.4 Å². The fraction of sp³-hybridized carbons (Fsp3) is 0.250. The molecule has 0 atom stereocenters. The summed E-state index contributed by atoms with van der Waals surface area (Å²) in [4.78, 5) is 1.42. The Balaban J connectivity index is 2.12. The van der Waals surface area contributed by atoms with Gasteiger partial charge in [-0.25, -0.2) is 13.1 Å². The minimum Gasteiger partial charge on any atom is -0.206 e. The lowest BCUT2D eigenvalue weighted by atomic mass is 10.2. The van der Waals surface area contributed by atoms with Crippen LogP contribution in [-0.4, -0.2) is 8.42 Å². The molecule has 0 amide bonds. The van der Waals surface area contributed by atoms with Crippen molar-refractivity contribution in [2.75, 3.05) is 0 Å². The van der Waals surface area contributed by atoms with Crippen molar-refractivity contribution in [3.05, 3.63) is 38.9 Å². The second-order valence-electron chi connectivity index (χ2n) is 3.78. The van der Waals surface area contributed by atoms with E-state index >= 15 is 0 Å². The zero-order valence-corrected chi connectivity index (χ0v) is 12.7. The van der Waals surface area contributed by atoms with Crippen molar-refractivity contribution >= 4 is 32.7 Å². The zero-order chi connectivity index (χ0) is 13.9. The van der Waals surface area contributed by atoms with Gasteiger partial charge in [-0.3, -0.25) is 0 Å². The average Bonchev–Trinajstić information content (AvgIpc) is 3.05. The smallest absolute Gasteiger partial charge is 0.206 e. The third kappa shape index (κ3) is 3.22. The molecule has 4 nitrogen and oxygen atoms in total. The lowest BCUT2D eigenvalue weighted by molar-refractivity contribution is 0.584. The van der Waals surface area contributed by atoms with Crippen molar-refractivity contribution in [1.29, 1.82) is 5.26 Å². The third-order valence-electron chi connectivity index (χ3n) is 2.60. The van der Waals surface area contributed by atoms with E-state index in [1.54, 1.807) is 11.3 Å². The van der Waals surface area contributed by atoms with Gasteiger partial charge in [0.15, 0.2) is 0 Å². The number of hydrogen-bond acceptors (Lipinski definition) is 5. The molecule has 0 aliphatic rings. The Bertz CT molecular complexity index is 707. The van der Waals surface area contributed by atoms with Gasteiger partial charge in [0.2, 0.25) is 10.0 Å². The van der Waals surface area contributed by atoms with E-state index in [2.05, 4.69) is 4.72 Å². The van der Waals surface area contributed by atoms with Crippen LogP contribution < -0.4 is 4.72 Å². The molecule has 0 aromatic carbocycles. The van der Waals surface area contributed by atoms with Crippen molar-refractivity contribution in [3.63, 3.8) is 0 Å². The highest BCUT2D eigenvalue weighted by Gasteiger charge is 2.17. The molecule has 2 aromatic rings. The first-order valence-corrected chi connectivity index (χ1v) is 8.79. The average molecular weight is 312 g/mol. The monoisotopic (exact) mass is 312 g/mol. The number of aryl methyl sites for hydroxylation is 1. The molecule has 0 aliphatic carbocycles. The Morgan fingerprint density at radius 3 is 2.79 bits per heavy atom. The van der Waals surface area contributed by atoms with Crippen LogP contribution in [0.1, 0.15) is 22.2 Å². The number of nitrogens with zero attached hydrogens (tertiary/aromatic N) is 1. The van der Waals surface area contributed by atoms with Crippen LogP contribution in [0.5, 0.6) is 0 Å². The highest BCUT2D eigenvalue weighted by molar-refractivity contribution is 7.91. The summed E-state index contributed by atoms with van der Waals surface area (Å²) < 4.78 is 26.9. The van der Waals surface area contributed by atoms with E-state index in [0.717, 1.165) is 28.2 Å². The standard InChI is InChI=1S/C12H12N2O2S3/c1-2-9-5-6-17-11(9)8-14-19(15,16)12-4-3-10(7-13)18-12/h3-6,14H,2,8H2,1H3. The van der Waals surface area contributed by atoms with Crippen LogP contribution in [-0.2, 0) is 23.0 Å². The van der Waals surface area contributed by atoms with Crippen LogP contribution >= 0.6 is 22.7 Å². The quantitative estimate of drug-likeness (QED) is 0.923. The SMILES string of the molecule is CCc1ccsc1CNS(=O)(=O)c1ccc(C#N)s1. The van der Waals surface area contributed by atoms with Crippen LogP contribution in [0, 0.1) is 11.3 Å². The second-order valence-corrected chi connectivity index (χ2v) is 7.86. The predicted molar refractivity (Wildman–Crippen MR) is 76.8 cm³/mol. The first-order valence-electron chi connectivity index (χ1n) is 5.61. The molecular weight excluding hydrogens is 300 g/mol. The van der Waals surface area contributed by atoms with Gasteiger partial charge in [0, 0.05) is 11.4 Å². The topological polar surface area (TPSA) is 70.0 Å². The van der Waals surface area contributed by atoms with Crippen molar-refractivity contribution in [2.24, 2.45) is 0 Å². The van der Waals surface area contributed by atoms with E-state index in [0.29, 0.717) is 11.4 Å². The Morgan fingerprint density at radius 2 is 2.16 bits per heavy atom. The maximum absolute atomic E-state index is 12.1. The number of sulfonamides is 1. The molecule has 19 heavy (non-hydrogen) atoms. The molecule has 0 unspecified atom stereocenters. The summed E-state index contributed by atoms with van der Waals surface area (Å²) in [5.74, 6) is 0. The number of hydrogen-bond donors (Lipinski definition) is 1. The summed E-state index contributed by atoms with van der Waals surface area (Å²) in [6, 6.07) is 6.92. The lowest BCUT2D eigenvalue weighted by Crippen LogP contribution is -2.22. The molecular formula is C12H12N2O2S3. The van der Waals surface area contributed by atoms with E-state index < -0.39 is 10.0 Å². The van der Waals surface area contributed by atoms with Crippen LogP contribution in [0.15, 0.2) is 27.8 Å². The molecule has 7 heteroatoms. The van der Waals surface area contributed by atoms with Crippen molar-refractivity contribution < 1.29 is 8.42 Å². The van der Waals surface area contributed by atoms with Crippen LogP contribution in [0.2, 0.25) is 0 Å². The Morgan fingerprint density at radius 1 is 1.37 bits per heavy atom. The Kier molecular flexibility index (Phi) is 4.37. The molecule has 0 bridgehead atoms. The van der Waals surface area contributed by atoms with Crippen LogP contribution in [0.25, 0.3) is 0 Å². The molecule has 0 aliphatic heterocycles. The fourth-order valence-electron chi connectivity index (χ4n) is 1.59. The first-order chi connectivity index (χ1) is 9.06. The summed E-state index contributed by atoms with van der Waals surface area (Å²) >= 11 is 2.52. The van der Waals surface area contributed by atoms with E-state index in [4.69, 9.17) is 5.26 Å². The number of thiophene rings is 2. The third-order valence-corrected chi connectivity index (χ3v) is 6.44. The molecule has 0 radical (unpaired) electrons. The van der Waals surface area contributed by atoms with Gasteiger partial charge in [-0.15, -0.1) is 22.7 Å². The fourth-order valence-corrected chi connectivity index (χ4v) is 4.74. The minimum atomic E-state index is -3.53. The van der Waals surface area contributed by atoms with Gasteiger partial charge in [0.1, 0.15) is 15.2 Å². The maximum Gasteiger partial charge on any atom is 0.250 e. The summed E-state index contributed by atoms with van der Waals surface area (Å²) in [6.45, 7) is 2.33. The van der Waals surface area contributed by atoms with E-state index in [9.17, 15) is 8.42 Å². The number of rotatable bonds is 5. The zero-order valence-electron chi connectivity index (χ0n) is 10.2. The number of nitriles is 1. The summed E-state index contributed by atoms with van der Waals surface area (Å²) in [5.41, 5.74) is 1.16. The first kappa shape index (κ1) is 14.2. The van der Waals surface area contributed by atoms with Gasteiger partial charge in [0.05, 0.1) is 0 Å². The van der Waals surface area contributed by atoms with Gasteiger partial charge in [-0.1, -0.05) is 6.92 Å². The highest BCUT2D eigenvalue weighted by atomic mass is 32.2. The number of nitrogens with one attached hydrogen (secondary N) is 1. The van der Waals surface area contributed by atoms with Gasteiger partial charge >= 0.3 is 0 Å². The Hall–Kier alpha value is -1.20. The van der Waals surface area contributed by atoms with E-state index in [1.165, 1.54) is 12.1 Å². The highest BCUT2D eigenvalue weighted by Crippen LogP contribution is 2.22. The van der Waals surface area contributed by atoms with E-state index in [-0.39, 0.29) is 4.21 Å². The molecule has 1 N–H and O–H groups in total. The largest absolute Gasteiger partial charge is 0.250 e. The van der Waals surface area contributed by atoms with Gasteiger partial charge in [0.25, 0.3) is 0 Å². The lowest BCUT2D eigenvalue weighted by Gasteiger charge is -2.04. The second kappa shape index (κ2) is 5.84. The molecule has 0 spiro atoms. The molecule has 100 valence electrons. The summed E-state index contributed by atoms with van der Waals surface area (Å²) in [7, 11) is -3.53. The van der Waals surface area contributed by atoms with Crippen molar-refractivity contribution in [2.45, 2.75) is 24.1 Å². The molecule has 2 heterocycles. The summed E-state index contributed by atoms with van der Waals surface area (Å²) in [5, 5.41) is 10.7. The summed E-state index contributed by atoms with van der Waals surface area (Å²) in [6.07, 6.45) is 0.887. The van der Waals surface area contributed by atoms with Crippen LogP contribution in [0.3, 0.4) is 0 Å². The normalized spacial score (nSPS) is 11.4. The van der Waals surface area contributed by atoms with Crippen LogP contribution in [0.4, 0.5) is 0 Å². The molecule has 0 saturated heterocycles. The predicted octanol–water partition coefficient (Wildman–Crippen LogP) is 2.72. The van der Waals surface area contributed by atoms with Gasteiger partial charge in [-0.2, -0.15) is 5.26 Å². The van der Waals surface area contributed by atoms with Crippen molar-refractivity contribution in [1.82, 2.24) is 4.72 Å². The van der Waals surface area contributed by atoms with Crippen molar-refractivity contribution in [3.8, 4) is 6.07 Å². The minimum absolute atomic E-state index is 0.179. The molecule has 2 aromatic heterocycles. The van der Waals surface area contributed by atoms with Gasteiger partial charge in [-0.05, 0) is 35.6 Å².